The van der Waals surface area contributed by atoms with E-state index < -0.39 is 26.5 Å². The minimum absolute atomic E-state index is 0.0441. The number of aliphatic hydroxyl groups excluding tert-OH is 1. The van der Waals surface area contributed by atoms with Crippen molar-refractivity contribution >= 4 is 19.7 Å². The molecule has 0 aromatic carbocycles. The monoisotopic (exact) mass is 872 g/mol. The fourth-order valence-electron chi connectivity index (χ4n) is 5.95. The van der Waals surface area contributed by atoms with Gasteiger partial charge in [-0.2, -0.15) is 0 Å². The van der Waals surface area contributed by atoms with E-state index in [2.05, 4.69) is 116 Å². The second-order valence-electron chi connectivity index (χ2n) is 15.3. The van der Waals surface area contributed by atoms with Crippen molar-refractivity contribution in [3.05, 3.63) is 97.2 Å². The second-order valence-corrected chi connectivity index (χ2v) is 16.8. The molecule has 0 aromatic rings. The lowest BCUT2D eigenvalue weighted by molar-refractivity contribution is -0.147. The third-order valence-corrected chi connectivity index (χ3v) is 10.5. The molecule has 0 aliphatic heterocycles. The minimum atomic E-state index is -4.44. The second kappa shape index (κ2) is 46.4. The highest BCUT2D eigenvalue weighted by Crippen LogP contribution is 2.42. The molecule has 0 saturated carbocycles. The average Bonchev–Trinajstić information content (AvgIpc) is 3.25. The van der Waals surface area contributed by atoms with Gasteiger partial charge < -0.3 is 20.1 Å². The summed E-state index contributed by atoms with van der Waals surface area (Å²) in [6.07, 6.45) is 60.6. The molecular formula is C51H86NO8P. The summed E-state index contributed by atoms with van der Waals surface area (Å²) < 4.78 is 26.9. The minimum Gasteiger partial charge on any atom is -0.463 e. The zero-order chi connectivity index (χ0) is 44.6. The Hall–Kier alpha value is -3.07. The largest absolute Gasteiger partial charge is 0.472 e. The maximum absolute atomic E-state index is 12.1. The molecule has 2 atom stereocenters. The number of esters is 1. The first-order valence-corrected chi connectivity index (χ1v) is 25.2. The highest BCUT2D eigenvalue weighted by molar-refractivity contribution is 7.47. The number of hydrogen-bond donors (Lipinski definition) is 3. The third kappa shape index (κ3) is 47.8. The first kappa shape index (κ1) is 57.9. The number of phosphoric ester groups is 1. The number of unbranched alkanes of at least 4 members (excludes halogenated alkanes) is 14. The zero-order valence-electron chi connectivity index (χ0n) is 38.3. The van der Waals surface area contributed by atoms with E-state index >= 15 is 0 Å². The Labute approximate surface area is 372 Å². The Bertz CT molecular complexity index is 1320. The number of allylic oxidation sites excluding steroid dienone is 16. The quantitative estimate of drug-likeness (QED) is 0.0239. The molecule has 3 N–H and O–H groups in total. The molecule has 1 amide bonds. The van der Waals surface area contributed by atoms with Gasteiger partial charge in [-0.05, 0) is 89.9 Å². The van der Waals surface area contributed by atoms with Crippen LogP contribution >= 0.6 is 7.82 Å². The molecule has 10 heteroatoms. The van der Waals surface area contributed by atoms with E-state index in [0.717, 1.165) is 83.5 Å². The van der Waals surface area contributed by atoms with Gasteiger partial charge in [0.05, 0.1) is 13.2 Å². The number of nitrogens with one attached hydrogen (secondary N) is 1. The number of aliphatic hydroxyl groups is 1. The van der Waals surface area contributed by atoms with E-state index in [1.54, 1.807) is 0 Å². The first-order valence-electron chi connectivity index (χ1n) is 23.7. The number of ether oxygens (including phenoxy) is 1. The number of hydrogen-bond acceptors (Lipinski definition) is 7. The highest BCUT2D eigenvalue weighted by atomic mass is 31.2. The van der Waals surface area contributed by atoms with Gasteiger partial charge in [0.1, 0.15) is 12.7 Å². The van der Waals surface area contributed by atoms with Crippen LogP contribution < -0.4 is 5.32 Å². The van der Waals surface area contributed by atoms with E-state index in [1.807, 2.05) is 0 Å². The summed E-state index contributed by atoms with van der Waals surface area (Å²) in [5.41, 5.74) is 0. The van der Waals surface area contributed by atoms with Crippen molar-refractivity contribution in [1.82, 2.24) is 5.32 Å². The van der Waals surface area contributed by atoms with Crippen LogP contribution in [-0.2, 0) is 27.9 Å². The summed E-state index contributed by atoms with van der Waals surface area (Å²) in [4.78, 5) is 34.0. The van der Waals surface area contributed by atoms with Crippen molar-refractivity contribution in [1.29, 1.82) is 0 Å². The Morgan fingerprint density at radius 3 is 1.46 bits per heavy atom. The SMILES string of the molecule is CC/C=C\C/C=C\C/C=C\C/C=C\C/C=C\C/C=C\C/C=C\CCCC(=O)NCCOP(=O)(O)OCC(O)COC(=O)CCCCCCCCC/C=C\CCCCCCCC. The molecule has 0 rings (SSSR count). The number of carbonyl (C=O) groups excluding carboxylic acids is 2. The van der Waals surface area contributed by atoms with Gasteiger partial charge in [-0.25, -0.2) is 4.57 Å². The van der Waals surface area contributed by atoms with Gasteiger partial charge >= 0.3 is 13.8 Å². The molecule has 0 fully saturated rings. The van der Waals surface area contributed by atoms with Crippen molar-refractivity contribution in [2.45, 2.75) is 187 Å². The zero-order valence-corrected chi connectivity index (χ0v) is 39.2. The summed E-state index contributed by atoms with van der Waals surface area (Å²) in [6.45, 7) is 3.35. The maximum atomic E-state index is 12.1. The van der Waals surface area contributed by atoms with Gasteiger partial charge in [-0.1, -0.05) is 175 Å². The number of amides is 1. The number of carbonyl (C=O) groups is 2. The molecule has 2 unspecified atom stereocenters. The van der Waals surface area contributed by atoms with Crippen molar-refractivity contribution < 1.29 is 37.9 Å². The predicted octanol–water partition coefficient (Wildman–Crippen LogP) is 13.8. The van der Waals surface area contributed by atoms with E-state index in [1.165, 1.54) is 64.2 Å². The van der Waals surface area contributed by atoms with E-state index in [4.69, 9.17) is 13.8 Å². The molecule has 0 heterocycles. The summed E-state index contributed by atoms with van der Waals surface area (Å²) in [6, 6.07) is 0. The van der Waals surface area contributed by atoms with Crippen LogP contribution in [-0.4, -0.2) is 54.3 Å². The normalized spacial score (nSPS) is 14.1. The van der Waals surface area contributed by atoms with Crippen LogP contribution in [0.4, 0.5) is 0 Å². The molecule has 0 aromatic heterocycles. The summed E-state index contributed by atoms with van der Waals surface area (Å²) in [5, 5.41) is 12.7. The molecule has 0 saturated heterocycles. The molecule has 0 aliphatic rings. The number of phosphoric acid groups is 1. The van der Waals surface area contributed by atoms with Gasteiger partial charge in [0.15, 0.2) is 0 Å². The lowest BCUT2D eigenvalue weighted by atomic mass is 10.1. The van der Waals surface area contributed by atoms with Crippen LogP contribution in [0.25, 0.3) is 0 Å². The lowest BCUT2D eigenvalue weighted by Crippen LogP contribution is -2.27. The molecular weight excluding hydrogens is 786 g/mol. The third-order valence-electron chi connectivity index (χ3n) is 9.50. The van der Waals surface area contributed by atoms with Crippen molar-refractivity contribution in [3.8, 4) is 0 Å². The fourth-order valence-corrected chi connectivity index (χ4v) is 6.71. The van der Waals surface area contributed by atoms with Crippen molar-refractivity contribution in [2.75, 3.05) is 26.4 Å². The van der Waals surface area contributed by atoms with Crippen molar-refractivity contribution in [3.63, 3.8) is 0 Å². The van der Waals surface area contributed by atoms with Gasteiger partial charge in [0.2, 0.25) is 5.91 Å². The molecule has 61 heavy (non-hydrogen) atoms. The highest BCUT2D eigenvalue weighted by Gasteiger charge is 2.23. The first-order chi connectivity index (χ1) is 29.8. The Morgan fingerprint density at radius 2 is 0.951 bits per heavy atom. The topological polar surface area (TPSA) is 131 Å². The van der Waals surface area contributed by atoms with Gasteiger partial charge in [-0.15, -0.1) is 0 Å². The average molecular weight is 872 g/mol. The smallest absolute Gasteiger partial charge is 0.463 e. The molecule has 0 bridgehead atoms. The molecule has 0 spiro atoms. The number of rotatable bonds is 43. The molecule has 348 valence electrons. The molecule has 0 radical (unpaired) electrons. The fraction of sp³-hybridized carbons (Fsp3) is 0.647. The van der Waals surface area contributed by atoms with Gasteiger partial charge in [0.25, 0.3) is 0 Å². The van der Waals surface area contributed by atoms with E-state index in [-0.39, 0.29) is 32.1 Å². The predicted molar refractivity (Wildman–Crippen MR) is 256 cm³/mol. The van der Waals surface area contributed by atoms with Crippen LogP contribution in [0.1, 0.15) is 181 Å². The Kier molecular flexibility index (Phi) is 44.1. The Balaban J connectivity index is 3.71. The van der Waals surface area contributed by atoms with Gasteiger partial charge in [-0.3, -0.25) is 18.6 Å². The molecule has 0 aliphatic carbocycles. The Morgan fingerprint density at radius 1 is 0.525 bits per heavy atom. The molecule has 9 nitrogen and oxygen atoms in total. The summed E-state index contributed by atoms with van der Waals surface area (Å²) in [7, 11) is -4.44. The summed E-state index contributed by atoms with van der Waals surface area (Å²) >= 11 is 0. The van der Waals surface area contributed by atoms with Crippen LogP contribution in [0.15, 0.2) is 97.2 Å². The van der Waals surface area contributed by atoms with Crippen LogP contribution in [0.5, 0.6) is 0 Å². The van der Waals surface area contributed by atoms with E-state index in [0.29, 0.717) is 12.8 Å². The lowest BCUT2D eigenvalue weighted by Gasteiger charge is -2.15. The van der Waals surface area contributed by atoms with Gasteiger partial charge in [0, 0.05) is 19.4 Å². The van der Waals surface area contributed by atoms with Crippen molar-refractivity contribution in [2.24, 2.45) is 0 Å². The maximum Gasteiger partial charge on any atom is 0.472 e. The van der Waals surface area contributed by atoms with Crippen LogP contribution in [0.2, 0.25) is 0 Å². The van der Waals surface area contributed by atoms with Crippen LogP contribution in [0, 0.1) is 0 Å². The van der Waals surface area contributed by atoms with Crippen LogP contribution in [0.3, 0.4) is 0 Å². The van der Waals surface area contributed by atoms with E-state index in [9.17, 15) is 24.2 Å². The standard InChI is InChI=1S/C51H86NO8P/c1-3-5-7-9-11-13-15-17-19-21-22-23-24-25-26-28-29-31-33-35-37-39-41-43-50(54)52-45-46-59-61(56,57)60-48-49(53)47-58-51(55)44-42-40-38-36-34-32-30-27-20-18-16-14-12-10-8-6-4-2/h5,7,11,13,17-20,22-23,25-26,29,31,35,37,49,53H,3-4,6,8-10,12,14-16,21,24,27-28,30,32-34,36,38-48H2,1-2H3,(H,52,54)(H,56,57)/b7-5-,13-11-,19-17-,20-18-,23-22-,26-25-,31-29-,37-35-. The summed E-state index contributed by atoms with van der Waals surface area (Å²) in [5.74, 6) is -0.588.